The summed E-state index contributed by atoms with van der Waals surface area (Å²) >= 11 is 5.68. The van der Waals surface area contributed by atoms with Crippen molar-refractivity contribution < 1.29 is 9.53 Å². The van der Waals surface area contributed by atoms with Gasteiger partial charge in [-0.05, 0) is 91.3 Å². The lowest BCUT2D eigenvalue weighted by Gasteiger charge is -2.58. The highest BCUT2D eigenvalue weighted by Gasteiger charge is 2.59. The number of esters is 1. The first-order valence-electron chi connectivity index (χ1n) is 13.6. The SMILES string of the molecule is CC(C)CCC[C@H](C)[C@H]1CC[C@H]2[C@@H]3CC=C4C[C@@H](OC(=O)CCl)CC[C@]4(C)[C@H]3CC[C@]12C. The van der Waals surface area contributed by atoms with Crippen LogP contribution in [0.1, 0.15) is 105 Å². The van der Waals surface area contributed by atoms with Crippen molar-refractivity contribution in [3.63, 3.8) is 0 Å². The predicted octanol–water partition coefficient (Wildman–Crippen LogP) is 8.18. The van der Waals surface area contributed by atoms with Crippen molar-refractivity contribution in [1.82, 2.24) is 0 Å². The standard InChI is InChI=1S/C29H47ClO2/c1-19(2)7-6-8-20(3)24-11-12-25-23-10-9-21-17-22(32-27(31)18-30)13-15-28(21,4)26(23)14-16-29(24,25)5/h9,19-20,22-26H,6-8,10-18H2,1-5H3/t20-,22-,23-,24+,25-,26-,28-,29+/m0/s1. The number of fused-ring (bicyclic) bond motifs is 5. The Morgan fingerprint density at radius 3 is 2.59 bits per heavy atom. The van der Waals surface area contributed by atoms with Gasteiger partial charge in [0.2, 0.25) is 0 Å². The topological polar surface area (TPSA) is 26.3 Å². The molecular weight excluding hydrogens is 416 g/mol. The molecule has 0 amide bonds. The van der Waals surface area contributed by atoms with Crippen LogP contribution < -0.4 is 0 Å². The molecule has 0 aromatic carbocycles. The van der Waals surface area contributed by atoms with Gasteiger partial charge in [0.25, 0.3) is 0 Å². The van der Waals surface area contributed by atoms with Crippen LogP contribution in [0.15, 0.2) is 11.6 Å². The van der Waals surface area contributed by atoms with Crippen molar-refractivity contribution in [1.29, 1.82) is 0 Å². The molecule has 3 heteroatoms. The second-order valence-corrected chi connectivity index (χ2v) is 13.0. The van der Waals surface area contributed by atoms with Crippen molar-refractivity contribution in [2.45, 2.75) is 111 Å². The Labute approximate surface area is 202 Å². The van der Waals surface area contributed by atoms with Crippen LogP contribution in [-0.2, 0) is 9.53 Å². The Balaban J connectivity index is 1.45. The molecule has 3 fully saturated rings. The minimum absolute atomic E-state index is 0.0329. The predicted molar refractivity (Wildman–Crippen MR) is 134 cm³/mol. The Morgan fingerprint density at radius 1 is 1.09 bits per heavy atom. The number of hydrogen-bond acceptors (Lipinski definition) is 2. The summed E-state index contributed by atoms with van der Waals surface area (Å²) in [4.78, 5) is 11.7. The zero-order valence-corrected chi connectivity index (χ0v) is 22.1. The molecule has 0 bridgehead atoms. The fourth-order valence-electron chi connectivity index (χ4n) is 8.97. The second kappa shape index (κ2) is 9.63. The summed E-state index contributed by atoms with van der Waals surface area (Å²) in [5.41, 5.74) is 2.44. The summed E-state index contributed by atoms with van der Waals surface area (Å²) < 4.78 is 5.63. The summed E-state index contributed by atoms with van der Waals surface area (Å²) in [5.74, 6) is 4.92. The maximum absolute atomic E-state index is 11.7. The first kappa shape index (κ1) is 24.6. The van der Waals surface area contributed by atoms with Gasteiger partial charge in [0.05, 0.1) is 0 Å². The van der Waals surface area contributed by atoms with Crippen molar-refractivity contribution in [3.8, 4) is 0 Å². The molecule has 0 aromatic heterocycles. The summed E-state index contributed by atoms with van der Waals surface area (Å²) in [6.45, 7) is 12.5. The van der Waals surface area contributed by atoms with Gasteiger partial charge in [-0.2, -0.15) is 0 Å². The number of carbonyl (C=O) groups is 1. The maximum Gasteiger partial charge on any atom is 0.321 e. The third kappa shape index (κ3) is 4.44. The van der Waals surface area contributed by atoms with E-state index in [0.29, 0.717) is 10.8 Å². The van der Waals surface area contributed by atoms with E-state index < -0.39 is 0 Å². The lowest BCUT2D eigenvalue weighted by molar-refractivity contribution is -0.148. The molecule has 4 rings (SSSR count). The summed E-state index contributed by atoms with van der Waals surface area (Å²) in [6.07, 6.45) is 16.9. The molecule has 0 aromatic rings. The second-order valence-electron chi connectivity index (χ2n) is 12.8. The number of alkyl halides is 1. The molecule has 182 valence electrons. The van der Waals surface area contributed by atoms with E-state index >= 15 is 0 Å². The third-order valence-corrected chi connectivity index (χ3v) is 10.9. The van der Waals surface area contributed by atoms with Crippen LogP contribution in [-0.4, -0.2) is 18.0 Å². The van der Waals surface area contributed by atoms with Crippen LogP contribution in [0.5, 0.6) is 0 Å². The maximum atomic E-state index is 11.7. The normalized spacial score (nSPS) is 42.0. The fraction of sp³-hybridized carbons (Fsp3) is 0.897. The van der Waals surface area contributed by atoms with E-state index in [9.17, 15) is 4.79 Å². The third-order valence-electron chi connectivity index (χ3n) is 10.7. The zero-order chi connectivity index (χ0) is 23.1. The molecule has 0 N–H and O–H groups in total. The molecule has 0 unspecified atom stereocenters. The van der Waals surface area contributed by atoms with Gasteiger partial charge in [-0.15, -0.1) is 11.6 Å². The van der Waals surface area contributed by atoms with E-state index in [-0.39, 0.29) is 18.0 Å². The van der Waals surface area contributed by atoms with Crippen LogP contribution in [0, 0.1) is 46.3 Å². The summed E-state index contributed by atoms with van der Waals surface area (Å²) in [5, 5.41) is 0. The van der Waals surface area contributed by atoms with Gasteiger partial charge in [0.15, 0.2) is 0 Å². The molecule has 3 saturated carbocycles. The number of rotatable bonds is 7. The van der Waals surface area contributed by atoms with Gasteiger partial charge in [-0.25, -0.2) is 0 Å². The van der Waals surface area contributed by atoms with E-state index in [4.69, 9.17) is 16.3 Å². The molecule has 2 nitrogen and oxygen atoms in total. The molecule has 4 aliphatic rings. The number of halogens is 1. The zero-order valence-electron chi connectivity index (χ0n) is 21.3. The van der Waals surface area contributed by atoms with Gasteiger partial charge in [0.1, 0.15) is 12.0 Å². The molecule has 0 heterocycles. The van der Waals surface area contributed by atoms with Crippen LogP contribution in [0.2, 0.25) is 0 Å². The van der Waals surface area contributed by atoms with Crippen molar-refractivity contribution in [3.05, 3.63) is 11.6 Å². The molecule has 8 atom stereocenters. The van der Waals surface area contributed by atoms with E-state index in [1.165, 1.54) is 57.8 Å². The molecule has 0 aliphatic heterocycles. The molecule has 0 radical (unpaired) electrons. The lowest BCUT2D eigenvalue weighted by Crippen LogP contribution is -2.51. The molecule has 0 saturated heterocycles. The largest absolute Gasteiger partial charge is 0.461 e. The number of carbonyl (C=O) groups excluding carboxylic acids is 1. The average Bonchev–Trinajstić information content (AvgIpc) is 3.11. The minimum atomic E-state index is -0.262. The fourth-order valence-corrected chi connectivity index (χ4v) is 9.03. The molecule has 4 aliphatic carbocycles. The number of allylic oxidation sites excluding steroid dienone is 1. The van der Waals surface area contributed by atoms with Crippen LogP contribution in [0.25, 0.3) is 0 Å². The van der Waals surface area contributed by atoms with Gasteiger partial charge in [0, 0.05) is 6.42 Å². The first-order valence-corrected chi connectivity index (χ1v) is 14.2. The monoisotopic (exact) mass is 462 g/mol. The van der Waals surface area contributed by atoms with Gasteiger partial charge in [-0.3, -0.25) is 4.79 Å². The van der Waals surface area contributed by atoms with Crippen LogP contribution in [0.3, 0.4) is 0 Å². The van der Waals surface area contributed by atoms with Crippen molar-refractivity contribution in [2.24, 2.45) is 46.3 Å². The van der Waals surface area contributed by atoms with E-state index in [0.717, 1.165) is 48.3 Å². The minimum Gasteiger partial charge on any atom is -0.461 e. The summed E-state index contributed by atoms with van der Waals surface area (Å²) in [6, 6.07) is 0. The quantitative estimate of drug-likeness (QED) is 0.216. The van der Waals surface area contributed by atoms with Gasteiger partial charge >= 0.3 is 5.97 Å². The smallest absolute Gasteiger partial charge is 0.321 e. The van der Waals surface area contributed by atoms with E-state index in [2.05, 4.69) is 40.7 Å². The summed E-state index contributed by atoms with van der Waals surface area (Å²) in [7, 11) is 0. The Hall–Kier alpha value is -0.500. The first-order chi connectivity index (χ1) is 15.2. The molecule has 0 spiro atoms. The van der Waals surface area contributed by atoms with Gasteiger partial charge in [-0.1, -0.05) is 65.5 Å². The average molecular weight is 463 g/mol. The Kier molecular flexibility index (Phi) is 7.41. The Bertz CT molecular complexity index is 714. The van der Waals surface area contributed by atoms with Crippen LogP contribution in [0.4, 0.5) is 0 Å². The van der Waals surface area contributed by atoms with Crippen molar-refractivity contribution >= 4 is 17.6 Å². The van der Waals surface area contributed by atoms with Gasteiger partial charge < -0.3 is 4.74 Å². The molecular formula is C29H47ClO2. The van der Waals surface area contributed by atoms with E-state index in [1.54, 1.807) is 5.57 Å². The van der Waals surface area contributed by atoms with Crippen LogP contribution >= 0.6 is 11.6 Å². The number of ether oxygens (including phenoxy) is 1. The molecule has 32 heavy (non-hydrogen) atoms. The Morgan fingerprint density at radius 2 is 1.88 bits per heavy atom. The van der Waals surface area contributed by atoms with Crippen molar-refractivity contribution in [2.75, 3.05) is 5.88 Å². The highest BCUT2D eigenvalue weighted by molar-refractivity contribution is 6.26. The highest BCUT2D eigenvalue weighted by Crippen LogP contribution is 2.67. The highest BCUT2D eigenvalue weighted by atomic mass is 35.5. The van der Waals surface area contributed by atoms with E-state index in [1.807, 2.05) is 0 Å². The number of hydrogen-bond donors (Lipinski definition) is 0. The lowest BCUT2D eigenvalue weighted by atomic mass is 9.47.